The number of rotatable bonds is 10. The minimum atomic E-state index is -3.72. The number of carbonyl (C=O) groups excluding carboxylic acids is 2. The molecular weight excluding hydrogens is 470 g/mol. The molecule has 0 aliphatic carbocycles. The third-order valence-electron chi connectivity index (χ3n) is 5.19. The van der Waals surface area contributed by atoms with Gasteiger partial charge in [-0.1, -0.05) is 44.0 Å². The van der Waals surface area contributed by atoms with Crippen molar-refractivity contribution >= 4 is 32.6 Å². The summed E-state index contributed by atoms with van der Waals surface area (Å²) in [6.45, 7) is 5.95. The molecule has 0 bridgehead atoms. The molecule has 0 aliphatic rings. The number of fused-ring (bicyclic) bond motifs is 1. The van der Waals surface area contributed by atoms with E-state index >= 15 is 0 Å². The second kappa shape index (κ2) is 11.5. The van der Waals surface area contributed by atoms with Crippen LogP contribution in [0.2, 0.25) is 0 Å². The van der Waals surface area contributed by atoms with Gasteiger partial charge in [-0.15, -0.1) is 6.58 Å². The number of unbranched alkanes of at least 4 members (excludes halogenated alkanes) is 2. The largest absolute Gasteiger partial charge is 0.290 e. The molecule has 0 saturated carbocycles. The lowest BCUT2D eigenvalue weighted by atomic mass is 10.1. The molecule has 0 saturated heterocycles. The number of sulfonamides is 1. The summed E-state index contributed by atoms with van der Waals surface area (Å²) >= 11 is 0. The highest BCUT2D eigenvalue weighted by Gasteiger charge is 2.18. The fraction of sp³-hybridized carbons (Fsp3) is 0.250. The van der Waals surface area contributed by atoms with E-state index < -0.39 is 21.8 Å². The summed E-state index contributed by atoms with van der Waals surface area (Å²) in [5, 5.41) is 4.98. The second-order valence-corrected chi connectivity index (χ2v) is 9.47. The first-order valence-electron chi connectivity index (χ1n) is 11.1. The third kappa shape index (κ3) is 6.19. The third-order valence-corrected chi connectivity index (χ3v) is 6.63. The van der Waals surface area contributed by atoms with Crippen LogP contribution >= 0.6 is 0 Å². The van der Waals surface area contributed by atoms with Crippen molar-refractivity contribution < 1.29 is 18.0 Å². The smallest absolute Gasteiger partial charge is 0.267 e. The van der Waals surface area contributed by atoms with Gasteiger partial charge in [0.2, 0.25) is 10.0 Å². The van der Waals surface area contributed by atoms with E-state index in [1.807, 2.05) is 6.92 Å². The molecule has 3 rings (SSSR count). The Morgan fingerprint density at radius 2 is 1.66 bits per heavy atom. The first-order valence-corrected chi connectivity index (χ1v) is 12.6. The van der Waals surface area contributed by atoms with Crippen molar-refractivity contribution in [3.8, 4) is 0 Å². The SMILES string of the molecule is C=CCNS(=O)(=O)c1ccc(C(=O)NNC(=O)c2nn(CCCCC)c(=O)c3ccccc23)cc1. The van der Waals surface area contributed by atoms with Crippen molar-refractivity contribution in [2.45, 2.75) is 37.6 Å². The second-order valence-electron chi connectivity index (χ2n) is 7.70. The summed E-state index contributed by atoms with van der Waals surface area (Å²) in [5.41, 5.74) is 4.47. The fourth-order valence-electron chi connectivity index (χ4n) is 3.35. The van der Waals surface area contributed by atoms with Gasteiger partial charge in [-0.2, -0.15) is 5.10 Å². The van der Waals surface area contributed by atoms with E-state index in [9.17, 15) is 22.8 Å². The summed E-state index contributed by atoms with van der Waals surface area (Å²) in [5.74, 6) is -1.34. The predicted octanol–water partition coefficient (Wildman–Crippen LogP) is 2.13. The summed E-state index contributed by atoms with van der Waals surface area (Å²) < 4.78 is 27.9. The van der Waals surface area contributed by atoms with Crippen molar-refractivity contribution in [2.24, 2.45) is 0 Å². The molecule has 35 heavy (non-hydrogen) atoms. The average molecular weight is 498 g/mol. The first-order chi connectivity index (χ1) is 16.8. The van der Waals surface area contributed by atoms with Gasteiger partial charge in [-0.25, -0.2) is 17.8 Å². The minimum Gasteiger partial charge on any atom is -0.267 e. The van der Waals surface area contributed by atoms with Gasteiger partial charge in [-0.05, 0) is 36.8 Å². The highest BCUT2D eigenvalue weighted by molar-refractivity contribution is 7.89. The molecule has 11 heteroatoms. The number of hydrazine groups is 1. The lowest BCUT2D eigenvalue weighted by molar-refractivity contribution is 0.0843. The number of hydrogen-bond donors (Lipinski definition) is 3. The summed E-state index contributed by atoms with van der Waals surface area (Å²) in [6.07, 6.45) is 4.05. The molecule has 0 unspecified atom stereocenters. The van der Waals surface area contributed by atoms with Gasteiger partial charge in [0, 0.05) is 24.0 Å². The normalized spacial score (nSPS) is 11.2. The minimum absolute atomic E-state index is 0.00623. The highest BCUT2D eigenvalue weighted by atomic mass is 32.2. The van der Waals surface area contributed by atoms with E-state index in [1.165, 1.54) is 35.0 Å². The Morgan fingerprint density at radius 1 is 1.00 bits per heavy atom. The fourth-order valence-corrected chi connectivity index (χ4v) is 4.35. The average Bonchev–Trinajstić information content (AvgIpc) is 2.87. The van der Waals surface area contributed by atoms with E-state index in [4.69, 9.17) is 0 Å². The maximum absolute atomic E-state index is 12.9. The molecule has 3 N–H and O–H groups in total. The van der Waals surface area contributed by atoms with Gasteiger partial charge in [-0.3, -0.25) is 25.2 Å². The van der Waals surface area contributed by atoms with Gasteiger partial charge in [0.05, 0.1) is 10.3 Å². The number of hydrogen-bond acceptors (Lipinski definition) is 6. The molecule has 2 aromatic carbocycles. The Labute approximate surface area is 203 Å². The van der Waals surface area contributed by atoms with Gasteiger partial charge < -0.3 is 0 Å². The van der Waals surface area contributed by atoms with Crippen LogP contribution in [0.5, 0.6) is 0 Å². The van der Waals surface area contributed by atoms with Crippen LogP contribution in [0.3, 0.4) is 0 Å². The molecule has 1 aromatic heterocycles. The molecule has 0 aliphatic heterocycles. The van der Waals surface area contributed by atoms with Crippen molar-refractivity contribution in [2.75, 3.05) is 6.54 Å². The van der Waals surface area contributed by atoms with Gasteiger partial charge in [0.15, 0.2) is 5.69 Å². The molecule has 10 nitrogen and oxygen atoms in total. The summed E-state index contributed by atoms with van der Waals surface area (Å²) in [4.78, 5) is 38.1. The Balaban J connectivity index is 1.76. The van der Waals surface area contributed by atoms with Crippen LogP contribution in [0.15, 0.2) is 70.9 Å². The Bertz CT molecular complexity index is 1400. The number of carbonyl (C=O) groups is 2. The van der Waals surface area contributed by atoms with E-state index in [-0.39, 0.29) is 28.3 Å². The van der Waals surface area contributed by atoms with Crippen molar-refractivity contribution in [3.63, 3.8) is 0 Å². The van der Waals surface area contributed by atoms with Gasteiger partial charge in [0.25, 0.3) is 17.4 Å². The number of nitrogens with one attached hydrogen (secondary N) is 3. The van der Waals surface area contributed by atoms with Crippen LogP contribution in [0.4, 0.5) is 0 Å². The highest BCUT2D eigenvalue weighted by Crippen LogP contribution is 2.14. The van der Waals surface area contributed by atoms with Crippen LogP contribution in [0.1, 0.15) is 47.0 Å². The zero-order chi connectivity index (χ0) is 25.4. The first kappa shape index (κ1) is 25.8. The molecule has 0 fully saturated rings. The molecule has 1 heterocycles. The summed E-state index contributed by atoms with van der Waals surface area (Å²) in [7, 11) is -3.72. The van der Waals surface area contributed by atoms with Crippen LogP contribution in [-0.2, 0) is 16.6 Å². The lowest BCUT2D eigenvalue weighted by Gasteiger charge is -2.12. The Hall–Kier alpha value is -3.83. The van der Waals surface area contributed by atoms with E-state index in [0.717, 1.165) is 19.3 Å². The van der Waals surface area contributed by atoms with Crippen molar-refractivity contribution in [3.05, 3.63) is 82.8 Å². The Kier molecular flexibility index (Phi) is 8.50. The van der Waals surface area contributed by atoms with E-state index in [0.29, 0.717) is 17.3 Å². The summed E-state index contributed by atoms with van der Waals surface area (Å²) in [6, 6.07) is 11.9. The van der Waals surface area contributed by atoms with Gasteiger partial charge in [0.1, 0.15) is 0 Å². The number of nitrogens with zero attached hydrogens (tertiary/aromatic N) is 2. The van der Waals surface area contributed by atoms with Crippen molar-refractivity contribution in [1.82, 2.24) is 25.4 Å². The van der Waals surface area contributed by atoms with Gasteiger partial charge >= 0.3 is 0 Å². The van der Waals surface area contributed by atoms with Crippen LogP contribution in [0, 0.1) is 0 Å². The molecule has 0 atom stereocenters. The monoisotopic (exact) mass is 497 g/mol. The topological polar surface area (TPSA) is 139 Å². The number of aryl methyl sites for hydroxylation is 1. The molecule has 0 radical (unpaired) electrons. The molecule has 3 aromatic rings. The van der Waals surface area contributed by atoms with E-state index in [2.05, 4.69) is 27.3 Å². The number of benzene rings is 2. The van der Waals surface area contributed by atoms with Crippen LogP contribution in [-0.4, -0.2) is 36.6 Å². The maximum atomic E-state index is 12.9. The number of amides is 2. The molecule has 184 valence electrons. The quantitative estimate of drug-likeness (QED) is 0.223. The standard InChI is InChI=1S/C24H27N5O5S/c1-3-5-8-16-29-24(32)20-10-7-6-9-19(20)21(28-29)23(31)27-26-22(30)17-11-13-18(14-12-17)35(33,34)25-15-4-2/h4,6-7,9-14,25H,2-3,5,8,15-16H2,1H3,(H,26,30)(H,27,31). The lowest BCUT2D eigenvalue weighted by Crippen LogP contribution is -2.42. The Morgan fingerprint density at radius 3 is 2.31 bits per heavy atom. The maximum Gasteiger partial charge on any atom is 0.290 e. The number of aromatic nitrogens is 2. The zero-order valence-corrected chi connectivity index (χ0v) is 20.1. The van der Waals surface area contributed by atoms with Crippen LogP contribution < -0.4 is 21.1 Å². The predicted molar refractivity (Wildman–Crippen MR) is 132 cm³/mol. The molecule has 2 amide bonds. The van der Waals surface area contributed by atoms with Crippen molar-refractivity contribution in [1.29, 1.82) is 0 Å². The molecule has 0 spiro atoms. The van der Waals surface area contributed by atoms with Crippen LogP contribution in [0.25, 0.3) is 10.8 Å². The molecular formula is C24H27N5O5S. The van der Waals surface area contributed by atoms with E-state index in [1.54, 1.807) is 24.3 Å². The zero-order valence-electron chi connectivity index (χ0n) is 19.3.